The third-order valence-corrected chi connectivity index (χ3v) is 4.47. The topological polar surface area (TPSA) is 44.5 Å². The zero-order valence-corrected chi connectivity index (χ0v) is 14.2. The van der Waals surface area contributed by atoms with Gasteiger partial charge in [-0.15, -0.1) is 0 Å². The van der Waals surface area contributed by atoms with E-state index in [1.807, 2.05) is 24.4 Å². The second-order valence-electron chi connectivity index (χ2n) is 5.62. The number of hydrogen-bond donors (Lipinski definition) is 2. The molecule has 4 rings (SSSR count). The Morgan fingerprint density at radius 1 is 1.04 bits per heavy atom. The summed E-state index contributed by atoms with van der Waals surface area (Å²) >= 11 is 3.44. The van der Waals surface area contributed by atoms with E-state index in [0.29, 0.717) is 17.1 Å². The predicted octanol–water partition coefficient (Wildman–Crippen LogP) is 6.01. The lowest BCUT2D eigenvalue weighted by molar-refractivity contribution is -0.137. The number of aromatic amines is 2. The second kappa shape index (κ2) is 5.77. The number of rotatable bonds is 2. The van der Waals surface area contributed by atoms with E-state index in [2.05, 4.69) is 30.9 Å². The minimum absolute atomic E-state index is 0.439. The second-order valence-corrected chi connectivity index (χ2v) is 6.53. The van der Waals surface area contributed by atoms with E-state index in [1.54, 1.807) is 12.3 Å². The zero-order valence-electron chi connectivity index (χ0n) is 12.7. The molecule has 0 fully saturated rings. The summed E-state index contributed by atoms with van der Waals surface area (Å²) in [7, 11) is 0. The van der Waals surface area contributed by atoms with Crippen molar-refractivity contribution in [3.63, 3.8) is 0 Å². The van der Waals surface area contributed by atoms with Gasteiger partial charge in [-0.3, -0.25) is 0 Å². The first kappa shape index (κ1) is 16.0. The van der Waals surface area contributed by atoms with Crippen molar-refractivity contribution in [2.45, 2.75) is 6.18 Å². The Morgan fingerprint density at radius 3 is 2.68 bits per heavy atom. The summed E-state index contributed by atoms with van der Waals surface area (Å²) in [5.41, 5.74) is 2.10. The van der Waals surface area contributed by atoms with Crippen molar-refractivity contribution in [1.82, 2.24) is 15.0 Å². The van der Waals surface area contributed by atoms with Crippen LogP contribution in [0.2, 0.25) is 0 Å². The van der Waals surface area contributed by atoms with E-state index in [9.17, 15) is 13.2 Å². The van der Waals surface area contributed by atoms with Crippen LogP contribution in [0, 0.1) is 0 Å². The molecule has 0 bridgehead atoms. The number of hydrogen-bond acceptors (Lipinski definition) is 1. The highest BCUT2D eigenvalue weighted by molar-refractivity contribution is 9.10. The number of benzene rings is 2. The van der Waals surface area contributed by atoms with Crippen LogP contribution < -0.4 is 0 Å². The molecule has 2 heterocycles. The molecule has 2 aromatic carbocycles. The van der Waals surface area contributed by atoms with Crippen LogP contribution in [0.15, 0.2) is 59.3 Å². The van der Waals surface area contributed by atoms with Crippen LogP contribution in [-0.4, -0.2) is 15.0 Å². The Hall–Kier alpha value is -2.54. The number of nitrogens with zero attached hydrogens (tertiary/aromatic N) is 1. The molecule has 0 aliphatic heterocycles. The molecular formula is C18H11BrF3N3. The third-order valence-electron chi connectivity index (χ3n) is 3.98. The molecule has 2 aromatic heterocycles. The van der Waals surface area contributed by atoms with Crippen molar-refractivity contribution in [2.75, 3.05) is 0 Å². The van der Waals surface area contributed by atoms with E-state index in [4.69, 9.17) is 0 Å². The highest BCUT2D eigenvalue weighted by Crippen LogP contribution is 2.33. The van der Waals surface area contributed by atoms with Gasteiger partial charge in [-0.2, -0.15) is 13.2 Å². The smallest absolute Gasteiger partial charge is 0.360 e. The number of fused-ring (bicyclic) bond motifs is 1. The molecule has 2 N–H and O–H groups in total. The van der Waals surface area contributed by atoms with Gasteiger partial charge in [0.1, 0.15) is 5.82 Å². The molecule has 7 heteroatoms. The molecule has 3 nitrogen and oxygen atoms in total. The number of halogens is 4. The number of nitrogens with one attached hydrogen (secondary N) is 2. The molecule has 4 aromatic rings. The van der Waals surface area contributed by atoms with E-state index < -0.39 is 11.7 Å². The van der Waals surface area contributed by atoms with E-state index in [0.717, 1.165) is 33.1 Å². The van der Waals surface area contributed by atoms with Crippen LogP contribution in [-0.2, 0) is 6.18 Å². The van der Waals surface area contributed by atoms with Crippen molar-refractivity contribution < 1.29 is 13.2 Å². The molecule has 0 atom stereocenters. The predicted molar refractivity (Wildman–Crippen MR) is 94.0 cm³/mol. The maximum atomic E-state index is 12.9. The van der Waals surface area contributed by atoms with Crippen molar-refractivity contribution in [3.8, 4) is 22.6 Å². The van der Waals surface area contributed by atoms with E-state index in [1.165, 1.54) is 6.07 Å². The summed E-state index contributed by atoms with van der Waals surface area (Å²) in [6.07, 6.45) is -1.00. The Labute approximate surface area is 149 Å². The van der Waals surface area contributed by atoms with E-state index >= 15 is 0 Å². The Kier molecular flexibility index (Phi) is 3.68. The Morgan fingerprint density at radius 2 is 1.88 bits per heavy atom. The van der Waals surface area contributed by atoms with Gasteiger partial charge in [-0.05, 0) is 30.3 Å². The first-order valence-electron chi connectivity index (χ1n) is 7.41. The molecule has 0 aliphatic rings. The SMILES string of the molecule is FC(F)(F)c1cccc(-c2cnc(-c3c[nH]c4ccc(Br)cc34)[nH]2)c1. The lowest BCUT2D eigenvalue weighted by Gasteiger charge is -2.07. The van der Waals surface area contributed by atoms with Crippen LogP contribution >= 0.6 is 15.9 Å². The molecule has 0 unspecified atom stereocenters. The van der Waals surface area contributed by atoms with Gasteiger partial charge in [-0.25, -0.2) is 4.98 Å². The molecule has 0 aliphatic carbocycles. The molecule has 0 saturated carbocycles. The van der Waals surface area contributed by atoms with Crippen LogP contribution in [0.25, 0.3) is 33.5 Å². The van der Waals surface area contributed by atoms with Crippen LogP contribution in [0.3, 0.4) is 0 Å². The number of alkyl halides is 3. The van der Waals surface area contributed by atoms with Gasteiger partial charge in [0.05, 0.1) is 17.5 Å². The van der Waals surface area contributed by atoms with E-state index in [-0.39, 0.29) is 0 Å². The van der Waals surface area contributed by atoms with Gasteiger partial charge in [0.2, 0.25) is 0 Å². The first-order valence-corrected chi connectivity index (χ1v) is 8.21. The van der Waals surface area contributed by atoms with Crippen molar-refractivity contribution in [3.05, 3.63) is 64.9 Å². The standard InChI is InChI=1S/C18H11BrF3N3/c19-12-4-5-15-13(7-12)14(8-23-15)17-24-9-16(25-17)10-2-1-3-11(6-10)18(20,21)22/h1-9,23H,(H,24,25). The lowest BCUT2D eigenvalue weighted by Crippen LogP contribution is -2.04. The average Bonchev–Trinajstić information content (AvgIpc) is 3.20. The summed E-state index contributed by atoms with van der Waals surface area (Å²) in [5.74, 6) is 0.594. The van der Waals surface area contributed by atoms with Crippen LogP contribution in [0.1, 0.15) is 5.56 Å². The summed E-state index contributed by atoms with van der Waals surface area (Å²) in [4.78, 5) is 10.6. The van der Waals surface area contributed by atoms with Gasteiger partial charge in [0.25, 0.3) is 0 Å². The molecule has 0 amide bonds. The van der Waals surface area contributed by atoms with Gasteiger partial charge in [0, 0.05) is 32.7 Å². The maximum absolute atomic E-state index is 12.9. The minimum atomic E-state index is -4.37. The fourth-order valence-corrected chi connectivity index (χ4v) is 3.12. The molecule has 0 radical (unpaired) electrons. The largest absolute Gasteiger partial charge is 0.416 e. The third kappa shape index (κ3) is 2.95. The zero-order chi connectivity index (χ0) is 17.6. The van der Waals surface area contributed by atoms with Gasteiger partial charge in [0.15, 0.2) is 0 Å². The van der Waals surface area contributed by atoms with Crippen LogP contribution in [0.5, 0.6) is 0 Å². The lowest BCUT2D eigenvalue weighted by atomic mass is 10.1. The van der Waals surface area contributed by atoms with Gasteiger partial charge >= 0.3 is 6.18 Å². The molecule has 0 spiro atoms. The normalized spacial score (nSPS) is 12.0. The van der Waals surface area contributed by atoms with Crippen LogP contribution in [0.4, 0.5) is 13.2 Å². The summed E-state index contributed by atoms with van der Waals surface area (Å²) in [6, 6.07) is 11.0. The van der Waals surface area contributed by atoms with Crippen molar-refractivity contribution >= 4 is 26.8 Å². The first-order chi connectivity index (χ1) is 11.9. The quantitative estimate of drug-likeness (QED) is 0.421. The summed E-state index contributed by atoms with van der Waals surface area (Å²) in [6.45, 7) is 0. The number of H-pyrrole nitrogens is 2. The summed E-state index contributed by atoms with van der Waals surface area (Å²) < 4.78 is 39.6. The van der Waals surface area contributed by atoms with Crippen molar-refractivity contribution in [2.24, 2.45) is 0 Å². The van der Waals surface area contributed by atoms with Gasteiger partial charge in [-0.1, -0.05) is 28.1 Å². The fraction of sp³-hybridized carbons (Fsp3) is 0.0556. The number of imidazole rings is 1. The monoisotopic (exact) mass is 405 g/mol. The Bertz CT molecular complexity index is 1060. The number of aromatic nitrogens is 3. The average molecular weight is 406 g/mol. The maximum Gasteiger partial charge on any atom is 0.416 e. The molecule has 0 saturated heterocycles. The Balaban J connectivity index is 1.76. The molecule has 25 heavy (non-hydrogen) atoms. The molecule has 126 valence electrons. The molecular weight excluding hydrogens is 395 g/mol. The minimum Gasteiger partial charge on any atom is -0.360 e. The fourth-order valence-electron chi connectivity index (χ4n) is 2.76. The highest BCUT2D eigenvalue weighted by atomic mass is 79.9. The van der Waals surface area contributed by atoms with Gasteiger partial charge < -0.3 is 9.97 Å². The highest BCUT2D eigenvalue weighted by Gasteiger charge is 2.30. The summed E-state index contributed by atoms with van der Waals surface area (Å²) in [5, 5.41) is 0.972. The van der Waals surface area contributed by atoms with Crippen molar-refractivity contribution in [1.29, 1.82) is 0 Å².